The molecule has 1 aromatic carbocycles. The van der Waals surface area contributed by atoms with E-state index < -0.39 is 17.5 Å². The molecule has 0 saturated heterocycles. The topological polar surface area (TPSA) is 49.8 Å². The zero-order valence-electron chi connectivity index (χ0n) is 10.3. The lowest BCUT2D eigenvalue weighted by Gasteiger charge is -2.09. The first kappa shape index (κ1) is 13.1. The van der Waals surface area contributed by atoms with Crippen molar-refractivity contribution in [2.45, 2.75) is 6.92 Å². The fourth-order valence-corrected chi connectivity index (χ4v) is 1.52. The van der Waals surface area contributed by atoms with Crippen molar-refractivity contribution in [3.63, 3.8) is 0 Å². The molecular weight excluding hydrogens is 257 g/mol. The number of halogens is 3. The number of rotatable bonds is 3. The van der Waals surface area contributed by atoms with Gasteiger partial charge in [0.1, 0.15) is 17.5 Å². The predicted molar refractivity (Wildman–Crippen MR) is 65.9 cm³/mol. The van der Waals surface area contributed by atoms with Crippen LogP contribution in [0.15, 0.2) is 18.2 Å². The molecule has 4 nitrogen and oxygen atoms in total. The molecule has 19 heavy (non-hydrogen) atoms. The van der Waals surface area contributed by atoms with Gasteiger partial charge in [0.15, 0.2) is 17.5 Å². The number of benzene rings is 1. The average Bonchev–Trinajstić information content (AvgIpc) is 2.39. The highest BCUT2D eigenvalue weighted by atomic mass is 19.2. The van der Waals surface area contributed by atoms with Gasteiger partial charge in [-0.1, -0.05) is 0 Å². The van der Waals surface area contributed by atoms with E-state index in [9.17, 15) is 13.2 Å². The van der Waals surface area contributed by atoms with Crippen LogP contribution in [-0.2, 0) is 0 Å². The van der Waals surface area contributed by atoms with Crippen LogP contribution in [0.25, 0.3) is 0 Å². The van der Waals surface area contributed by atoms with Gasteiger partial charge in [-0.15, -0.1) is 0 Å². The largest absolute Gasteiger partial charge is 0.373 e. The lowest BCUT2D eigenvalue weighted by atomic mass is 10.2. The molecular formula is C12H11F3N4. The highest BCUT2D eigenvalue weighted by Gasteiger charge is 2.14. The van der Waals surface area contributed by atoms with Gasteiger partial charge in [-0.3, -0.25) is 0 Å². The maximum absolute atomic E-state index is 13.5. The van der Waals surface area contributed by atoms with Gasteiger partial charge in [0, 0.05) is 13.1 Å². The van der Waals surface area contributed by atoms with Crippen molar-refractivity contribution in [3.8, 4) is 0 Å². The number of aryl methyl sites for hydroxylation is 1. The summed E-state index contributed by atoms with van der Waals surface area (Å²) in [6, 6.07) is 3.46. The Labute approximate surface area is 107 Å². The van der Waals surface area contributed by atoms with Crippen LogP contribution in [0.1, 0.15) is 5.82 Å². The number of anilines is 3. The second kappa shape index (κ2) is 5.13. The summed E-state index contributed by atoms with van der Waals surface area (Å²) in [5.74, 6) is -2.79. The van der Waals surface area contributed by atoms with E-state index in [0.717, 1.165) is 12.1 Å². The summed E-state index contributed by atoms with van der Waals surface area (Å²) in [7, 11) is 1.67. The van der Waals surface area contributed by atoms with E-state index in [1.165, 1.54) is 6.07 Å². The first-order chi connectivity index (χ1) is 9.01. The Bertz CT molecular complexity index is 616. The molecule has 0 radical (unpaired) electrons. The molecule has 0 bridgehead atoms. The molecule has 100 valence electrons. The van der Waals surface area contributed by atoms with E-state index in [2.05, 4.69) is 20.6 Å². The van der Waals surface area contributed by atoms with E-state index in [0.29, 0.717) is 11.6 Å². The monoisotopic (exact) mass is 268 g/mol. The van der Waals surface area contributed by atoms with E-state index in [1.807, 2.05) is 0 Å². The molecule has 2 rings (SSSR count). The average molecular weight is 268 g/mol. The normalized spacial score (nSPS) is 10.4. The molecule has 0 aliphatic carbocycles. The van der Waals surface area contributed by atoms with E-state index in [-0.39, 0.29) is 11.5 Å². The molecule has 0 unspecified atom stereocenters. The smallest absolute Gasteiger partial charge is 0.196 e. The van der Waals surface area contributed by atoms with Gasteiger partial charge in [-0.25, -0.2) is 23.1 Å². The number of nitrogens with one attached hydrogen (secondary N) is 2. The van der Waals surface area contributed by atoms with Crippen molar-refractivity contribution in [3.05, 3.63) is 41.5 Å². The summed E-state index contributed by atoms with van der Waals surface area (Å²) in [5.41, 5.74) is -0.195. The van der Waals surface area contributed by atoms with Crippen LogP contribution in [0.5, 0.6) is 0 Å². The Morgan fingerprint density at radius 2 is 1.68 bits per heavy atom. The molecule has 2 N–H and O–H groups in total. The standard InChI is InChI=1S/C12H11F3N4/c1-6-17-9(16-2)5-10(18-6)19-8-4-3-7(13)11(14)12(8)15/h3-5H,1-2H3,(H2,16,17,18,19). The number of nitrogens with zero attached hydrogens (tertiary/aromatic N) is 2. The minimum Gasteiger partial charge on any atom is -0.373 e. The maximum atomic E-state index is 13.5. The third kappa shape index (κ3) is 2.75. The van der Waals surface area contributed by atoms with Gasteiger partial charge in [0.05, 0.1) is 5.69 Å². The van der Waals surface area contributed by atoms with Crippen LogP contribution in [-0.4, -0.2) is 17.0 Å². The Balaban J connectivity index is 2.36. The zero-order chi connectivity index (χ0) is 14.0. The van der Waals surface area contributed by atoms with Crippen LogP contribution >= 0.6 is 0 Å². The van der Waals surface area contributed by atoms with E-state index in [1.54, 1.807) is 14.0 Å². The molecule has 0 aliphatic heterocycles. The van der Waals surface area contributed by atoms with Gasteiger partial charge in [-0.05, 0) is 19.1 Å². The summed E-state index contributed by atoms with van der Waals surface area (Å²) in [6.45, 7) is 1.66. The van der Waals surface area contributed by atoms with Crippen LogP contribution in [0, 0.1) is 24.4 Å². The minimum absolute atomic E-state index is 0.195. The Morgan fingerprint density at radius 1 is 1.00 bits per heavy atom. The molecule has 0 spiro atoms. The Kier molecular flexibility index (Phi) is 3.55. The molecule has 0 aliphatic rings. The number of hydrogen-bond acceptors (Lipinski definition) is 4. The fourth-order valence-electron chi connectivity index (χ4n) is 1.52. The van der Waals surface area contributed by atoms with Crippen LogP contribution in [0.2, 0.25) is 0 Å². The Hall–Kier alpha value is -2.31. The number of hydrogen-bond donors (Lipinski definition) is 2. The quantitative estimate of drug-likeness (QED) is 0.840. The summed E-state index contributed by atoms with van der Waals surface area (Å²) in [6.07, 6.45) is 0. The molecule has 1 heterocycles. The van der Waals surface area contributed by atoms with Gasteiger partial charge < -0.3 is 10.6 Å². The third-order valence-electron chi connectivity index (χ3n) is 2.39. The lowest BCUT2D eigenvalue weighted by Crippen LogP contribution is -2.03. The molecule has 2 aromatic rings. The summed E-state index contributed by atoms with van der Waals surface area (Å²) in [4.78, 5) is 8.08. The summed E-state index contributed by atoms with van der Waals surface area (Å²) in [5, 5.41) is 5.39. The first-order valence-electron chi connectivity index (χ1n) is 5.45. The molecule has 0 atom stereocenters. The molecule has 7 heteroatoms. The van der Waals surface area contributed by atoms with Crippen LogP contribution < -0.4 is 10.6 Å². The fraction of sp³-hybridized carbons (Fsp3) is 0.167. The molecule has 0 saturated carbocycles. The Morgan fingerprint density at radius 3 is 2.37 bits per heavy atom. The predicted octanol–water partition coefficient (Wildman–Crippen LogP) is 2.99. The molecule has 1 aromatic heterocycles. The summed E-state index contributed by atoms with van der Waals surface area (Å²) < 4.78 is 39.4. The van der Waals surface area contributed by atoms with Crippen molar-refractivity contribution in [1.29, 1.82) is 0 Å². The third-order valence-corrected chi connectivity index (χ3v) is 2.39. The van der Waals surface area contributed by atoms with Crippen molar-refractivity contribution >= 4 is 17.3 Å². The van der Waals surface area contributed by atoms with Crippen molar-refractivity contribution in [2.24, 2.45) is 0 Å². The lowest BCUT2D eigenvalue weighted by molar-refractivity contribution is 0.449. The first-order valence-corrected chi connectivity index (χ1v) is 5.45. The molecule has 0 amide bonds. The van der Waals surface area contributed by atoms with Crippen molar-refractivity contribution in [2.75, 3.05) is 17.7 Å². The zero-order valence-corrected chi connectivity index (χ0v) is 10.3. The highest BCUT2D eigenvalue weighted by molar-refractivity contribution is 5.59. The maximum Gasteiger partial charge on any atom is 0.196 e. The van der Waals surface area contributed by atoms with E-state index in [4.69, 9.17) is 0 Å². The SMILES string of the molecule is CNc1cc(Nc2ccc(F)c(F)c2F)nc(C)n1. The van der Waals surface area contributed by atoms with Crippen molar-refractivity contribution < 1.29 is 13.2 Å². The molecule has 0 fully saturated rings. The number of aromatic nitrogens is 2. The highest BCUT2D eigenvalue weighted by Crippen LogP contribution is 2.23. The van der Waals surface area contributed by atoms with Gasteiger partial charge in [-0.2, -0.15) is 0 Å². The van der Waals surface area contributed by atoms with Gasteiger partial charge >= 0.3 is 0 Å². The second-order valence-electron chi connectivity index (χ2n) is 3.78. The minimum atomic E-state index is -1.52. The van der Waals surface area contributed by atoms with Gasteiger partial charge in [0.25, 0.3) is 0 Å². The van der Waals surface area contributed by atoms with Crippen LogP contribution in [0.3, 0.4) is 0 Å². The van der Waals surface area contributed by atoms with E-state index >= 15 is 0 Å². The van der Waals surface area contributed by atoms with Crippen molar-refractivity contribution in [1.82, 2.24) is 9.97 Å². The van der Waals surface area contributed by atoms with Crippen LogP contribution in [0.4, 0.5) is 30.5 Å². The second-order valence-corrected chi connectivity index (χ2v) is 3.78. The van der Waals surface area contributed by atoms with Gasteiger partial charge in [0.2, 0.25) is 0 Å². The summed E-state index contributed by atoms with van der Waals surface area (Å²) >= 11 is 0.